The maximum Gasteiger partial charge on any atom is 0.222 e. The number of thioether (sulfide) groups is 1. The van der Waals surface area contributed by atoms with Gasteiger partial charge >= 0.3 is 0 Å². The van der Waals surface area contributed by atoms with Crippen molar-refractivity contribution in [1.82, 2.24) is 4.98 Å². The van der Waals surface area contributed by atoms with E-state index in [9.17, 15) is 4.79 Å². The van der Waals surface area contributed by atoms with E-state index in [0.29, 0.717) is 5.25 Å². The number of aryl methyl sites for hydroxylation is 1. The number of hydrogen-bond acceptors (Lipinski definition) is 4. The van der Waals surface area contributed by atoms with Crippen LogP contribution in [-0.4, -0.2) is 10.9 Å². The van der Waals surface area contributed by atoms with Gasteiger partial charge in [0.15, 0.2) is 4.34 Å². The Hall–Kier alpha value is -1.85. The maximum absolute atomic E-state index is 11.1. The highest BCUT2D eigenvalue weighted by Crippen LogP contribution is 2.38. The number of carbonyl (C=O) groups is 1. The summed E-state index contributed by atoms with van der Waals surface area (Å²) in [5.41, 5.74) is 7.46. The Kier molecular flexibility index (Phi) is 4.68. The highest BCUT2D eigenvalue weighted by atomic mass is 32.2. The van der Waals surface area contributed by atoms with Crippen LogP contribution in [0.15, 0.2) is 46.8 Å². The Labute approximate surface area is 143 Å². The van der Waals surface area contributed by atoms with Crippen LogP contribution in [0.25, 0.3) is 10.8 Å². The molecule has 0 aliphatic carbocycles. The minimum atomic E-state index is -0.309. The van der Waals surface area contributed by atoms with E-state index in [1.807, 2.05) is 6.92 Å². The molecule has 1 heterocycles. The molecule has 118 valence electrons. The van der Waals surface area contributed by atoms with E-state index in [1.165, 1.54) is 16.3 Å². The van der Waals surface area contributed by atoms with E-state index in [4.69, 9.17) is 5.73 Å². The van der Waals surface area contributed by atoms with Crippen molar-refractivity contribution in [3.05, 3.63) is 58.6 Å². The molecule has 2 aromatic carbocycles. The number of rotatable bonds is 5. The average Bonchev–Trinajstić information content (AvgIpc) is 2.85. The number of hydrogen-bond donors (Lipinski definition) is 1. The minimum Gasteiger partial charge on any atom is -0.369 e. The maximum atomic E-state index is 11.1. The van der Waals surface area contributed by atoms with E-state index in [0.717, 1.165) is 14.9 Å². The number of benzene rings is 2. The summed E-state index contributed by atoms with van der Waals surface area (Å²) in [7, 11) is 0. The Bertz CT molecular complexity index is 857. The van der Waals surface area contributed by atoms with Gasteiger partial charge in [-0.1, -0.05) is 54.2 Å². The van der Waals surface area contributed by atoms with Gasteiger partial charge in [0.1, 0.15) is 0 Å². The third-order valence-corrected chi connectivity index (χ3v) is 6.14. The summed E-state index contributed by atoms with van der Waals surface area (Å²) in [6.45, 7) is 4.11. The fourth-order valence-corrected chi connectivity index (χ4v) is 4.96. The van der Waals surface area contributed by atoms with Crippen LogP contribution in [0.1, 0.15) is 28.3 Å². The van der Waals surface area contributed by atoms with Crippen LogP contribution in [-0.2, 0) is 11.2 Å². The Morgan fingerprint density at radius 3 is 2.74 bits per heavy atom. The molecule has 0 fully saturated rings. The second kappa shape index (κ2) is 6.72. The Morgan fingerprint density at radius 1 is 1.26 bits per heavy atom. The average molecular weight is 342 g/mol. The summed E-state index contributed by atoms with van der Waals surface area (Å²) in [5.74, 6) is -0.309. The van der Waals surface area contributed by atoms with Gasteiger partial charge in [0, 0.05) is 10.1 Å². The number of amides is 1. The van der Waals surface area contributed by atoms with Crippen molar-refractivity contribution in [1.29, 1.82) is 0 Å². The van der Waals surface area contributed by atoms with Crippen LogP contribution in [0.3, 0.4) is 0 Å². The molecule has 1 amide bonds. The van der Waals surface area contributed by atoms with Crippen LogP contribution < -0.4 is 5.73 Å². The molecule has 2 N–H and O–H groups in total. The first-order valence-electron chi connectivity index (χ1n) is 7.43. The molecule has 0 aliphatic heterocycles. The second-order valence-electron chi connectivity index (χ2n) is 5.50. The van der Waals surface area contributed by atoms with E-state index < -0.39 is 0 Å². The summed E-state index contributed by atoms with van der Waals surface area (Å²) in [5, 5.41) is 2.80. The predicted molar refractivity (Wildman–Crippen MR) is 98.0 cm³/mol. The molecule has 5 heteroatoms. The molecule has 3 rings (SSSR count). The third-order valence-electron chi connectivity index (χ3n) is 3.73. The highest BCUT2D eigenvalue weighted by Gasteiger charge is 2.14. The number of nitrogens with two attached hydrogens (primary N) is 1. The van der Waals surface area contributed by atoms with Gasteiger partial charge in [-0.25, -0.2) is 4.98 Å². The van der Waals surface area contributed by atoms with Crippen molar-refractivity contribution in [2.24, 2.45) is 5.73 Å². The zero-order valence-corrected chi connectivity index (χ0v) is 14.7. The predicted octanol–water partition coefficient (Wildman–Crippen LogP) is 4.49. The van der Waals surface area contributed by atoms with Crippen molar-refractivity contribution >= 4 is 39.8 Å². The number of thiazole rings is 1. The molecule has 23 heavy (non-hydrogen) atoms. The van der Waals surface area contributed by atoms with Gasteiger partial charge in [0.25, 0.3) is 0 Å². The number of nitrogens with zero attached hydrogens (tertiary/aromatic N) is 1. The fraction of sp³-hybridized carbons (Fsp3) is 0.222. The number of fused-ring (bicyclic) bond motifs is 1. The summed E-state index contributed by atoms with van der Waals surface area (Å²) in [6.07, 6.45) is 0.272. The summed E-state index contributed by atoms with van der Waals surface area (Å²) in [6, 6.07) is 14.9. The van der Waals surface area contributed by atoms with E-state index in [1.54, 1.807) is 23.1 Å². The lowest BCUT2D eigenvalue weighted by Gasteiger charge is -2.10. The topological polar surface area (TPSA) is 56.0 Å². The molecule has 0 saturated heterocycles. The molecule has 1 atom stereocenters. The van der Waals surface area contributed by atoms with Gasteiger partial charge in [0.2, 0.25) is 5.91 Å². The molecule has 0 radical (unpaired) electrons. The Morgan fingerprint density at radius 2 is 2.00 bits per heavy atom. The quantitative estimate of drug-likeness (QED) is 0.695. The smallest absolute Gasteiger partial charge is 0.222 e. The van der Waals surface area contributed by atoms with Gasteiger partial charge in [-0.3, -0.25) is 4.79 Å². The lowest BCUT2D eigenvalue weighted by molar-refractivity contribution is -0.117. The van der Waals surface area contributed by atoms with Crippen molar-refractivity contribution in [2.45, 2.75) is 29.9 Å². The monoisotopic (exact) mass is 342 g/mol. The first kappa shape index (κ1) is 16.0. The van der Waals surface area contributed by atoms with Crippen molar-refractivity contribution in [3.8, 4) is 0 Å². The van der Waals surface area contributed by atoms with Crippen LogP contribution in [0, 0.1) is 6.92 Å². The number of aromatic nitrogens is 1. The number of carbonyl (C=O) groups excluding carboxylic acids is 1. The molecule has 3 aromatic rings. The van der Waals surface area contributed by atoms with Crippen molar-refractivity contribution < 1.29 is 4.79 Å². The van der Waals surface area contributed by atoms with E-state index in [2.05, 4.69) is 54.4 Å². The standard InChI is InChI=1S/C18H18N2OS2/c1-11-16(10-17(19)21)23-18(20-11)22-12(2)14-8-7-13-5-3-4-6-15(13)9-14/h3-9,12H,10H2,1-2H3,(H2,19,21)/t12-/m0/s1. The lowest BCUT2D eigenvalue weighted by Crippen LogP contribution is -2.13. The first-order valence-corrected chi connectivity index (χ1v) is 9.12. The van der Waals surface area contributed by atoms with Crippen LogP contribution in [0.5, 0.6) is 0 Å². The molecule has 3 nitrogen and oxygen atoms in total. The van der Waals surface area contributed by atoms with E-state index in [-0.39, 0.29) is 12.3 Å². The van der Waals surface area contributed by atoms with Gasteiger partial charge in [-0.15, -0.1) is 11.3 Å². The lowest BCUT2D eigenvalue weighted by atomic mass is 10.1. The summed E-state index contributed by atoms with van der Waals surface area (Å²) in [4.78, 5) is 16.6. The molecule has 0 saturated carbocycles. The zero-order valence-electron chi connectivity index (χ0n) is 13.1. The molecule has 1 aromatic heterocycles. The van der Waals surface area contributed by atoms with Crippen LogP contribution in [0.4, 0.5) is 0 Å². The molecule has 0 bridgehead atoms. The van der Waals surface area contributed by atoms with Gasteiger partial charge < -0.3 is 5.73 Å². The summed E-state index contributed by atoms with van der Waals surface area (Å²) < 4.78 is 0.986. The Balaban J connectivity index is 1.80. The SMILES string of the molecule is Cc1nc(S[C@@H](C)c2ccc3ccccc3c2)sc1CC(N)=O. The van der Waals surface area contributed by atoms with E-state index >= 15 is 0 Å². The van der Waals surface area contributed by atoms with Gasteiger partial charge in [0.05, 0.1) is 12.1 Å². The second-order valence-corrected chi connectivity index (χ2v) is 8.17. The third kappa shape index (κ3) is 3.74. The van der Waals surface area contributed by atoms with Crippen molar-refractivity contribution in [2.75, 3.05) is 0 Å². The van der Waals surface area contributed by atoms with Crippen LogP contribution in [0.2, 0.25) is 0 Å². The molecule has 0 spiro atoms. The molecular weight excluding hydrogens is 324 g/mol. The molecule has 0 aliphatic rings. The van der Waals surface area contributed by atoms with Crippen LogP contribution >= 0.6 is 23.1 Å². The minimum absolute atomic E-state index is 0.272. The molecule has 0 unspecified atom stereocenters. The largest absolute Gasteiger partial charge is 0.369 e. The molecular formula is C18H18N2OS2. The normalized spacial score (nSPS) is 12.4. The van der Waals surface area contributed by atoms with Gasteiger partial charge in [-0.05, 0) is 30.2 Å². The highest BCUT2D eigenvalue weighted by molar-refractivity contribution is 8.01. The van der Waals surface area contributed by atoms with Gasteiger partial charge in [-0.2, -0.15) is 0 Å². The first-order chi connectivity index (χ1) is 11.0. The fourth-order valence-electron chi connectivity index (χ4n) is 2.45. The zero-order chi connectivity index (χ0) is 16.4. The van der Waals surface area contributed by atoms with Crippen molar-refractivity contribution in [3.63, 3.8) is 0 Å². The number of primary amides is 1. The summed E-state index contributed by atoms with van der Waals surface area (Å²) >= 11 is 3.29.